The number of carbonyl (C=O) groups is 1. The second-order valence-corrected chi connectivity index (χ2v) is 5.59. The van der Waals surface area contributed by atoms with Gasteiger partial charge in [0.2, 0.25) is 0 Å². The van der Waals surface area contributed by atoms with Crippen LogP contribution in [-0.2, 0) is 4.79 Å². The maximum absolute atomic E-state index is 11.2. The van der Waals surface area contributed by atoms with E-state index in [2.05, 4.69) is 4.90 Å². The molecule has 1 saturated carbocycles. The number of nitrogens with zero attached hydrogens (tertiary/aromatic N) is 1. The Labute approximate surface area is 97.8 Å². The van der Waals surface area contributed by atoms with Gasteiger partial charge < -0.3 is 10.0 Å². The van der Waals surface area contributed by atoms with Crippen LogP contribution in [0.25, 0.3) is 0 Å². The molecule has 0 radical (unpaired) electrons. The van der Waals surface area contributed by atoms with Crippen LogP contribution in [0, 0.1) is 5.92 Å². The van der Waals surface area contributed by atoms with Crippen molar-refractivity contribution in [1.82, 2.24) is 4.90 Å². The van der Waals surface area contributed by atoms with E-state index in [-0.39, 0.29) is 5.92 Å². The smallest absolute Gasteiger partial charge is 0.133 e. The molecule has 3 heteroatoms. The summed E-state index contributed by atoms with van der Waals surface area (Å²) < 4.78 is 0. The molecule has 0 spiro atoms. The van der Waals surface area contributed by atoms with Gasteiger partial charge in [-0.25, -0.2) is 0 Å². The van der Waals surface area contributed by atoms with Crippen LogP contribution in [0.1, 0.15) is 45.4 Å². The molecular weight excluding hydrogens is 202 g/mol. The fourth-order valence-corrected chi connectivity index (χ4v) is 3.11. The van der Waals surface area contributed by atoms with Gasteiger partial charge in [0.15, 0.2) is 0 Å². The third-order valence-corrected chi connectivity index (χ3v) is 4.21. The minimum atomic E-state index is -0.428. The topological polar surface area (TPSA) is 40.5 Å². The van der Waals surface area contributed by atoms with E-state index in [1.807, 2.05) is 0 Å². The summed E-state index contributed by atoms with van der Waals surface area (Å²) in [5.41, 5.74) is -0.428. The van der Waals surface area contributed by atoms with Gasteiger partial charge in [0.1, 0.15) is 5.78 Å². The van der Waals surface area contributed by atoms with Crippen molar-refractivity contribution in [1.29, 1.82) is 0 Å². The molecule has 0 aromatic rings. The molecule has 3 nitrogen and oxygen atoms in total. The van der Waals surface area contributed by atoms with Gasteiger partial charge in [0, 0.05) is 12.5 Å². The van der Waals surface area contributed by atoms with Crippen molar-refractivity contribution in [2.45, 2.75) is 51.0 Å². The van der Waals surface area contributed by atoms with Crippen LogP contribution in [0.15, 0.2) is 0 Å². The minimum absolute atomic E-state index is 0.273. The highest BCUT2D eigenvalue weighted by molar-refractivity contribution is 5.78. The monoisotopic (exact) mass is 225 g/mol. The van der Waals surface area contributed by atoms with E-state index in [4.69, 9.17) is 0 Å². The van der Waals surface area contributed by atoms with Gasteiger partial charge >= 0.3 is 0 Å². The standard InChI is InChI=1S/C13H23NO2/c1-11(15)12-4-8-14(9-5-12)10-13(16)6-2-3-7-13/h12,16H,2-10H2,1H3. The highest BCUT2D eigenvalue weighted by Gasteiger charge is 2.34. The first kappa shape index (κ1) is 12.1. The first-order valence-corrected chi connectivity index (χ1v) is 6.54. The van der Waals surface area contributed by atoms with Crippen LogP contribution in [0.2, 0.25) is 0 Å². The van der Waals surface area contributed by atoms with E-state index in [9.17, 15) is 9.90 Å². The first-order valence-electron chi connectivity index (χ1n) is 6.54. The minimum Gasteiger partial charge on any atom is -0.389 e. The molecule has 0 aromatic heterocycles. The average Bonchev–Trinajstić information content (AvgIpc) is 2.65. The molecule has 0 aromatic carbocycles. The van der Waals surface area contributed by atoms with Crippen molar-refractivity contribution in [3.8, 4) is 0 Å². The summed E-state index contributed by atoms with van der Waals surface area (Å²) in [5.74, 6) is 0.605. The number of hydrogen-bond acceptors (Lipinski definition) is 3. The molecular formula is C13H23NO2. The van der Waals surface area contributed by atoms with Crippen LogP contribution >= 0.6 is 0 Å². The Kier molecular flexibility index (Phi) is 3.65. The third kappa shape index (κ3) is 2.83. The quantitative estimate of drug-likeness (QED) is 0.793. The molecule has 2 aliphatic rings. The fraction of sp³-hybridized carbons (Fsp3) is 0.923. The maximum Gasteiger partial charge on any atom is 0.133 e. The predicted molar refractivity (Wildman–Crippen MR) is 63.3 cm³/mol. The number of rotatable bonds is 3. The van der Waals surface area contributed by atoms with E-state index in [1.165, 1.54) is 12.8 Å². The number of piperidine rings is 1. The number of likely N-dealkylation sites (tertiary alicyclic amines) is 1. The Balaban J connectivity index is 1.79. The molecule has 1 heterocycles. The number of Topliss-reactive ketones (excluding diaryl/α,β-unsaturated/α-hetero) is 1. The van der Waals surface area contributed by atoms with Gasteiger partial charge in [0.05, 0.1) is 5.60 Å². The largest absolute Gasteiger partial charge is 0.389 e. The summed E-state index contributed by atoms with van der Waals surface area (Å²) in [6.07, 6.45) is 6.21. The van der Waals surface area contributed by atoms with Gasteiger partial charge in [-0.2, -0.15) is 0 Å². The number of aliphatic hydroxyl groups is 1. The zero-order valence-electron chi connectivity index (χ0n) is 10.2. The van der Waals surface area contributed by atoms with Crippen LogP contribution < -0.4 is 0 Å². The Hall–Kier alpha value is -0.410. The van der Waals surface area contributed by atoms with Crippen molar-refractivity contribution in [3.05, 3.63) is 0 Å². The molecule has 0 unspecified atom stereocenters. The van der Waals surface area contributed by atoms with E-state index in [1.54, 1.807) is 6.92 Å². The molecule has 0 amide bonds. The lowest BCUT2D eigenvalue weighted by Crippen LogP contribution is -2.45. The van der Waals surface area contributed by atoms with Gasteiger partial charge in [-0.3, -0.25) is 4.79 Å². The Bertz CT molecular complexity index is 251. The molecule has 2 rings (SSSR count). The molecule has 92 valence electrons. The van der Waals surface area contributed by atoms with E-state index < -0.39 is 5.60 Å². The summed E-state index contributed by atoms with van der Waals surface area (Å²) in [5, 5.41) is 10.3. The van der Waals surface area contributed by atoms with Gasteiger partial charge in [0.25, 0.3) is 0 Å². The third-order valence-electron chi connectivity index (χ3n) is 4.21. The van der Waals surface area contributed by atoms with Crippen molar-refractivity contribution in [2.75, 3.05) is 19.6 Å². The van der Waals surface area contributed by atoms with E-state index >= 15 is 0 Å². The molecule has 0 atom stereocenters. The lowest BCUT2D eigenvalue weighted by molar-refractivity contribution is -0.122. The summed E-state index contributed by atoms with van der Waals surface area (Å²) in [6.45, 7) is 4.47. The van der Waals surface area contributed by atoms with Gasteiger partial charge in [-0.15, -0.1) is 0 Å². The van der Waals surface area contributed by atoms with E-state index in [0.29, 0.717) is 5.78 Å². The van der Waals surface area contributed by atoms with Crippen molar-refractivity contribution in [3.63, 3.8) is 0 Å². The Morgan fingerprint density at radius 2 is 1.88 bits per heavy atom. The van der Waals surface area contributed by atoms with Crippen LogP contribution in [0.5, 0.6) is 0 Å². The van der Waals surface area contributed by atoms with Crippen LogP contribution in [-0.4, -0.2) is 41.0 Å². The molecule has 1 saturated heterocycles. The second kappa shape index (κ2) is 4.84. The van der Waals surface area contributed by atoms with Crippen molar-refractivity contribution in [2.24, 2.45) is 5.92 Å². The maximum atomic E-state index is 11.2. The molecule has 1 aliphatic heterocycles. The van der Waals surface area contributed by atoms with Gasteiger partial charge in [-0.05, 0) is 45.7 Å². The second-order valence-electron chi connectivity index (χ2n) is 5.59. The summed E-state index contributed by atoms with van der Waals surface area (Å²) in [6, 6.07) is 0. The molecule has 2 fully saturated rings. The molecule has 16 heavy (non-hydrogen) atoms. The Morgan fingerprint density at radius 1 is 1.31 bits per heavy atom. The summed E-state index contributed by atoms with van der Waals surface area (Å²) >= 11 is 0. The first-order chi connectivity index (χ1) is 7.59. The number of carbonyl (C=O) groups excluding carboxylic acids is 1. The average molecular weight is 225 g/mol. The number of β-amino-alcohol motifs (C(OH)–C–C–N with tert-alkyl or cyclic N) is 1. The van der Waals surface area contributed by atoms with Gasteiger partial charge in [-0.1, -0.05) is 12.8 Å². The number of hydrogen-bond donors (Lipinski definition) is 1. The van der Waals surface area contributed by atoms with Crippen LogP contribution in [0.3, 0.4) is 0 Å². The molecule has 0 bridgehead atoms. The summed E-state index contributed by atoms with van der Waals surface area (Å²) in [4.78, 5) is 13.6. The predicted octanol–water partition coefficient (Wildman–Crippen LogP) is 1.59. The highest BCUT2D eigenvalue weighted by Crippen LogP contribution is 2.31. The lowest BCUT2D eigenvalue weighted by atomic mass is 9.92. The zero-order valence-corrected chi connectivity index (χ0v) is 10.2. The van der Waals surface area contributed by atoms with Crippen molar-refractivity contribution < 1.29 is 9.90 Å². The molecule has 1 aliphatic carbocycles. The lowest BCUT2D eigenvalue weighted by Gasteiger charge is -2.35. The fourth-order valence-electron chi connectivity index (χ4n) is 3.11. The highest BCUT2D eigenvalue weighted by atomic mass is 16.3. The van der Waals surface area contributed by atoms with E-state index in [0.717, 1.165) is 45.3 Å². The zero-order chi connectivity index (χ0) is 11.6. The number of ketones is 1. The molecule has 1 N–H and O–H groups in total. The summed E-state index contributed by atoms with van der Waals surface area (Å²) in [7, 11) is 0. The van der Waals surface area contributed by atoms with Crippen molar-refractivity contribution >= 4 is 5.78 Å². The normalized spacial score (nSPS) is 27.1. The Morgan fingerprint density at radius 3 is 2.38 bits per heavy atom. The SMILES string of the molecule is CC(=O)C1CCN(CC2(O)CCCC2)CC1. The van der Waals surface area contributed by atoms with Crippen LogP contribution in [0.4, 0.5) is 0 Å².